The van der Waals surface area contributed by atoms with Crippen LogP contribution in [-0.2, 0) is 5.88 Å². The molecule has 0 aliphatic rings. The predicted molar refractivity (Wildman–Crippen MR) is 85.7 cm³/mol. The maximum Gasteiger partial charge on any atom is 0.129 e. The van der Waals surface area contributed by atoms with Gasteiger partial charge in [0.2, 0.25) is 0 Å². The zero-order valence-corrected chi connectivity index (χ0v) is 13.1. The molecule has 0 saturated heterocycles. The average Bonchev–Trinajstić information content (AvgIpc) is 2.79. The Morgan fingerprint density at radius 2 is 1.80 bits per heavy atom. The summed E-state index contributed by atoms with van der Waals surface area (Å²) in [6.07, 6.45) is 0. The summed E-state index contributed by atoms with van der Waals surface area (Å²) >= 11 is 24.4. The van der Waals surface area contributed by atoms with E-state index in [1.165, 1.54) is 0 Å². The molecule has 0 aliphatic carbocycles. The van der Waals surface area contributed by atoms with E-state index in [0.717, 1.165) is 11.2 Å². The first-order valence-corrected chi connectivity index (χ1v) is 7.46. The summed E-state index contributed by atoms with van der Waals surface area (Å²) in [7, 11) is 0. The first-order chi connectivity index (χ1) is 9.61. The van der Waals surface area contributed by atoms with E-state index in [0.29, 0.717) is 26.4 Å². The average molecular weight is 346 g/mol. The number of imidazole rings is 1. The zero-order chi connectivity index (χ0) is 14.3. The fourth-order valence-corrected chi connectivity index (χ4v) is 3.02. The van der Waals surface area contributed by atoms with E-state index in [1.807, 2.05) is 22.8 Å². The van der Waals surface area contributed by atoms with E-state index < -0.39 is 0 Å². The second-order valence-corrected chi connectivity index (χ2v) is 5.72. The number of halogens is 4. The van der Waals surface area contributed by atoms with E-state index >= 15 is 0 Å². The van der Waals surface area contributed by atoms with Crippen LogP contribution in [0.4, 0.5) is 0 Å². The largest absolute Gasteiger partial charge is 0.294 e. The van der Waals surface area contributed by atoms with Crippen LogP contribution < -0.4 is 0 Å². The lowest BCUT2D eigenvalue weighted by Gasteiger charge is -2.10. The number of benzene rings is 2. The molecule has 0 radical (unpaired) electrons. The van der Waals surface area contributed by atoms with Crippen LogP contribution in [0.3, 0.4) is 0 Å². The first-order valence-electron chi connectivity index (χ1n) is 5.79. The number of fused-ring (bicyclic) bond motifs is 1. The van der Waals surface area contributed by atoms with Crippen molar-refractivity contribution in [3.8, 4) is 5.69 Å². The van der Waals surface area contributed by atoms with Crippen LogP contribution in [0, 0.1) is 0 Å². The standard InChI is InChI=1S/C14H8Cl4N2/c15-7-13-19-14-9(17)2-1-3-12(14)20(13)11-5-4-8(16)6-10(11)18/h1-6H,7H2. The maximum absolute atomic E-state index is 6.28. The van der Waals surface area contributed by atoms with Gasteiger partial charge in [0.15, 0.2) is 0 Å². The number of aromatic nitrogens is 2. The van der Waals surface area contributed by atoms with Gasteiger partial charge in [-0.15, -0.1) is 11.6 Å². The van der Waals surface area contributed by atoms with Gasteiger partial charge < -0.3 is 0 Å². The van der Waals surface area contributed by atoms with Crippen molar-refractivity contribution in [2.45, 2.75) is 5.88 Å². The molecular formula is C14H8Cl4N2. The molecule has 3 rings (SSSR count). The molecule has 1 heterocycles. The lowest BCUT2D eigenvalue weighted by atomic mass is 10.2. The van der Waals surface area contributed by atoms with Gasteiger partial charge in [-0.2, -0.15) is 0 Å². The predicted octanol–water partition coefficient (Wildman–Crippen LogP) is 5.72. The molecule has 20 heavy (non-hydrogen) atoms. The third kappa shape index (κ3) is 2.27. The molecule has 0 spiro atoms. The van der Waals surface area contributed by atoms with Gasteiger partial charge in [-0.05, 0) is 30.3 Å². The highest BCUT2D eigenvalue weighted by Gasteiger charge is 2.15. The highest BCUT2D eigenvalue weighted by atomic mass is 35.5. The Kier molecular flexibility index (Phi) is 3.83. The molecule has 6 heteroatoms. The van der Waals surface area contributed by atoms with Gasteiger partial charge in [0.1, 0.15) is 11.3 Å². The molecule has 0 bridgehead atoms. The molecule has 0 aliphatic heterocycles. The minimum atomic E-state index is 0.254. The fourth-order valence-electron chi connectivity index (χ4n) is 2.13. The zero-order valence-electron chi connectivity index (χ0n) is 10.1. The van der Waals surface area contributed by atoms with Crippen LogP contribution >= 0.6 is 46.4 Å². The van der Waals surface area contributed by atoms with Crippen molar-refractivity contribution in [3.05, 3.63) is 57.3 Å². The third-order valence-corrected chi connectivity index (χ3v) is 4.06. The summed E-state index contributed by atoms with van der Waals surface area (Å²) in [5.41, 5.74) is 2.34. The molecule has 102 valence electrons. The number of nitrogens with zero attached hydrogens (tertiary/aromatic N) is 2. The molecule has 2 nitrogen and oxygen atoms in total. The minimum absolute atomic E-state index is 0.254. The summed E-state index contributed by atoms with van der Waals surface area (Å²) in [5, 5.41) is 1.69. The van der Waals surface area contributed by atoms with Crippen molar-refractivity contribution in [1.82, 2.24) is 9.55 Å². The van der Waals surface area contributed by atoms with Crippen LogP contribution in [0.25, 0.3) is 16.7 Å². The molecule has 2 aromatic carbocycles. The summed E-state index contributed by atoms with van der Waals surface area (Å²) < 4.78 is 1.90. The Labute approximate surface area is 135 Å². The molecule has 3 aromatic rings. The molecule has 1 aromatic heterocycles. The summed E-state index contributed by atoms with van der Waals surface area (Å²) in [6.45, 7) is 0. The van der Waals surface area contributed by atoms with E-state index in [4.69, 9.17) is 46.4 Å². The molecule has 0 atom stereocenters. The lowest BCUT2D eigenvalue weighted by Crippen LogP contribution is -2.00. The number of rotatable bonds is 2. The van der Waals surface area contributed by atoms with E-state index in [9.17, 15) is 0 Å². The topological polar surface area (TPSA) is 17.8 Å². The second-order valence-electron chi connectivity index (χ2n) is 4.20. The summed E-state index contributed by atoms with van der Waals surface area (Å²) in [4.78, 5) is 4.48. The van der Waals surface area contributed by atoms with Gasteiger partial charge in [-0.3, -0.25) is 4.57 Å². The van der Waals surface area contributed by atoms with Crippen molar-refractivity contribution in [2.75, 3.05) is 0 Å². The van der Waals surface area contributed by atoms with E-state index in [-0.39, 0.29) is 5.88 Å². The monoisotopic (exact) mass is 344 g/mol. The number of para-hydroxylation sites is 1. The van der Waals surface area contributed by atoms with Gasteiger partial charge in [-0.25, -0.2) is 4.98 Å². The number of hydrogen-bond acceptors (Lipinski definition) is 1. The normalized spacial score (nSPS) is 11.2. The Hall–Kier alpha value is -0.930. The Morgan fingerprint density at radius 1 is 1.00 bits per heavy atom. The molecule has 0 N–H and O–H groups in total. The van der Waals surface area contributed by atoms with Crippen molar-refractivity contribution >= 4 is 57.4 Å². The summed E-state index contributed by atoms with van der Waals surface area (Å²) in [6, 6.07) is 10.9. The molecule has 0 unspecified atom stereocenters. The molecule has 0 saturated carbocycles. The minimum Gasteiger partial charge on any atom is -0.294 e. The van der Waals surface area contributed by atoms with Gasteiger partial charge in [0, 0.05) is 5.02 Å². The van der Waals surface area contributed by atoms with Crippen molar-refractivity contribution < 1.29 is 0 Å². The number of hydrogen-bond donors (Lipinski definition) is 0. The van der Waals surface area contributed by atoms with E-state index in [1.54, 1.807) is 18.2 Å². The van der Waals surface area contributed by atoms with Crippen LogP contribution in [0.2, 0.25) is 15.1 Å². The van der Waals surface area contributed by atoms with Gasteiger partial charge in [0.05, 0.1) is 27.1 Å². The Morgan fingerprint density at radius 3 is 2.50 bits per heavy atom. The van der Waals surface area contributed by atoms with Gasteiger partial charge >= 0.3 is 0 Å². The Bertz CT molecular complexity index is 795. The first kappa shape index (κ1) is 14.0. The van der Waals surface area contributed by atoms with Crippen molar-refractivity contribution in [2.24, 2.45) is 0 Å². The van der Waals surface area contributed by atoms with Crippen LogP contribution in [0.5, 0.6) is 0 Å². The van der Waals surface area contributed by atoms with Crippen molar-refractivity contribution in [1.29, 1.82) is 0 Å². The lowest BCUT2D eigenvalue weighted by molar-refractivity contribution is 0.982. The molecular weight excluding hydrogens is 338 g/mol. The highest BCUT2D eigenvalue weighted by molar-refractivity contribution is 6.36. The quantitative estimate of drug-likeness (QED) is 0.543. The molecule has 0 amide bonds. The highest BCUT2D eigenvalue weighted by Crippen LogP contribution is 2.31. The van der Waals surface area contributed by atoms with Gasteiger partial charge in [-0.1, -0.05) is 40.9 Å². The van der Waals surface area contributed by atoms with Gasteiger partial charge in [0.25, 0.3) is 0 Å². The molecule has 0 fully saturated rings. The smallest absolute Gasteiger partial charge is 0.129 e. The van der Waals surface area contributed by atoms with Crippen LogP contribution in [-0.4, -0.2) is 9.55 Å². The van der Waals surface area contributed by atoms with Crippen LogP contribution in [0.15, 0.2) is 36.4 Å². The number of alkyl halides is 1. The fraction of sp³-hybridized carbons (Fsp3) is 0.0714. The second kappa shape index (κ2) is 5.45. The third-order valence-electron chi connectivity index (χ3n) is 2.98. The summed E-state index contributed by atoms with van der Waals surface area (Å²) in [5.74, 6) is 0.934. The van der Waals surface area contributed by atoms with Crippen molar-refractivity contribution in [3.63, 3.8) is 0 Å². The van der Waals surface area contributed by atoms with E-state index in [2.05, 4.69) is 4.98 Å². The Balaban J connectivity index is 2.37. The van der Waals surface area contributed by atoms with Crippen LogP contribution in [0.1, 0.15) is 5.82 Å². The SMILES string of the molecule is ClCc1nc2c(Cl)cccc2n1-c1ccc(Cl)cc1Cl. The maximum atomic E-state index is 6.28.